The van der Waals surface area contributed by atoms with Gasteiger partial charge < -0.3 is 5.73 Å². The van der Waals surface area contributed by atoms with Crippen LogP contribution in [0.1, 0.15) is 5.56 Å². The molecule has 114 valence electrons. The topological polar surface area (TPSA) is 72.2 Å². The summed E-state index contributed by atoms with van der Waals surface area (Å²) >= 11 is -0.333. The van der Waals surface area contributed by atoms with E-state index >= 15 is 0 Å². The average molecular weight is 332 g/mol. The van der Waals surface area contributed by atoms with E-state index in [0.29, 0.717) is 0 Å². The van der Waals surface area contributed by atoms with E-state index in [1.807, 2.05) is 4.72 Å². The third kappa shape index (κ3) is 4.84. The van der Waals surface area contributed by atoms with Crippen LogP contribution in [0.2, 0.25) is 0 Å². The number of hydrogen-bond donors (Lipinski definition) is 2. The van der Waals surface area contributed by atoms with Crippen LogP contribution in [0.3, 0.4) is 0 Å². The van der Waals surface area contributed by atoms with Gasteiger partial charge in [0.05, 0.1) is 10.6 Å². The third-order valence-corrected chi connectivity index (χ3v) is 4.40. The molecular weight excluding hydrogens is 320 g/mol. The number of hydrogen-bond acceptors (Lipinski definition) is 4. The molecule has 0 aliphatic heterocycles. The number of anilines is 1. The maximum Gasteiger partial charge on any atom is 0.441 e. The van der Waals surface area contributed by atoms with Crippen LogP contribution in [0.4, 0.5) is 23.2 Å². The Kier molecular flexibility index (Phi) is 5.27. The molecule has 1 rings (SSSR count). The number of sulfonamides is 1. The van der Waals surface area contributed by atoms with Crippen molar-refractivity contribution in [3.63, 3.8) is 0 Å². The van der Waals surface area contributed by atoms with Gasteiger partial charge in [0.15, 0.2) is 0 Å². The van der Waals surface area contributed by atoms with E-state index < -0.39 is 33.6 Å². The number of nitrogen functional groups attached to an aromatic ring is 1. The molecule has 0 aliphatic carbocycles. The van der Waals surface area contributed by atoms with Gasteiger partial charge in [0, 0.05) is 12.3 Å². The number of nitrogens with two attached hydrogens (primary N) is 1. The summed E-state index contributed by atoms with van der Waals surface area (Å²) < 4.78 is 74.5. The van der Waals surface area contributed by atoms with Crippen LogP contribution in [0.15, 0.2) is 17.0 Å². The summed E-state index contributed by atoms with van der Waals surface area (Å²) in [5, 5.41) is 0. The molecule has 0 bridgehead atoms. The molecule has 0 saturated carbocycles. The third-order valence-electron chi connectivity index (χ3n) is 2.23. The minimum atomic E-state index is -4.41. The Balaban J connectivity index is 2.75. The predicted octanol–water partition coefficient (Wildman–Crippen LogP) is 2.25. The van der Waals surface area contributed by atoms with Gasteiger partial charge in [0.25, 0.3) is 0 Å². The molecule has 0 unspecified atom stereocenters. The fraction of sp³-hybridized carbons (Fsp3) is 0.400. The molecule has 1 aromatic carbocycles. The highest BCUT2D eigenvalue weighted by Crippen LogP contribution is 2.29. The summed E-state index contributed by atoms with van der Waals surface area (Å²) in [4.78, 5) is -0.286. The van der Waals surface area contributed by atoms with Crippen molar-refractivity contribution >= 4 is 27.5 Å². The summed E-state index contributed by atoms with van der Waals surface area (Å²) in [6, 6.07) is 1.98. The van der Waals surface area contributed by atoms with Gasteiger partial charge >= 0.3 is 5.51 Å². The van der Waals surface area contributed by atoms with Crippen molar-refractivity contribution in [2.75, 3.05) is 18.0 Å². The first-order valence-electron chi connectivity index (χ1n) is 5.29. The molecule has 0 aliphatic rings. The zero-order valence-corrected chi connectivity index (χ0v) is 11.9. The van der Waals surface area contributed by atoms with Gasteiger partial charge in [-0.05, 0) is 36.4 Å². The maximum absolute atomic E-state index is 13.3. The van der Waals surface area contributed by atoms with Gasteiger partial charge in [-0.3, -0.25) is 0 Å². The van der Waals surface area contributed by atoms with Gasteiger partial charge in [-0.2, -0.15) is 13.2 Å². The largest absolute Gasteiger partial charge is 0.441 e. The average Bonchev–Trinajstić information content (AvgIpc) is 2.30. The summed E-state index contributed by atoms with van der Waals surface area (Å²) in [6.45, 7) is 0.938. The number of thioether (sulfide) groups is 1. The summed E-state index contributed by atoms with van der Waals surface area (Å²) in [5.41, 5.74) is 0.595. The van der Waals surface area contributed by atoms with Crippen molar-refractivity contribution in [2.24, 2.45) is 0 Å². The molecule has 0 fully saturated rings. The molecule has 0 spiro atoms. The quantitative estimate of drug-likeness (QED) is 0.493. The van der Waals surface area contributed by atoms with Crippen LogP contribution in [0.25, 0.3) is 0 Å². The standard InChI is InChI=1S/C10H12F4N2O2S2/c1-6-4-7(5-8(15)9(6)11)20(17,18)16-2-3-19-10(12,13)14/h4-5,16H,2-3,15H2,1H3. The number of benzene rings is 1. The van der Waals surface area contributed by atoms with Crippen molar-refractivity contribution in [2.45, 2.75) is 17.3 Å². The van der Waals surface area contributed by atoms with Gasteiger partial charge in [0.1, 0.15) is 5.82 Å². The minimum absolute atomic E-state index is 0.0371. The predicted molar refractivity (Wildman–Crippen MR) is 69.3 cm³/mol. The zero-order valence-electron chi connectivity index (χ0n) is 10.3. The Hall–Kier alpha value is -1.00. The number of rotatable bonds is 5. The SMILES string of the molecule is Cc1cc(S(=O)(=O)NCCSC(F)(F)F)cc(N)c1F. The molecule has 0 saturated heterocycles. The van der Waals surface area contributed by atoms with E-state index in [9.17, 15) is 26.0 Å². The van der Waals surface area contributed by atoms with E-state index in [4.69, 9.17) is 5.73 Å². The second kappa shape index (κ2) is 6.19. The number of alkyl halides is 3. The molecule has 0 atom stereocenters. The molecule has 3 N–H and O–H groups in total. The molecule has 0 heterocycles. The minimum Gasteiger partial charge on any atom is -0.396 e. The van der Waals surface area contributed by atoms with Crippen LogP contribution in [-0.2, 0) is 10.0 Å². The lowest BCUT2D eigenvalue weighted by Crippen LogP contribution is -2.27. The highest BCUT2D eigenvalue weighted by atomic mass is 32.2. The summed E-state index contributed by atoms with van der Waals surface area (Å²) in [7, 11) is -4.02. The van der Waals surface area contributed by atoms with Crippen LogP contribution < -0.4 is 10.5 Å². The Morgan fingerprint density at radius 2 is 1.95 bits per heavy atom. The normalized spacial score (nSPS) is 12.7. The highest BCUT2D eigenvalue weighted by Gasteiger charge is 2.27. The number of nitrogens with one attached hydrogen (secondary N) is 1. The molecular formula is C10H12F4N2O2S2. The van der Waals surface area contributed by atoms with Crippen molar-refractivity contribution in [1.29, 1.82) is 0 Å². The molecule has 0 radical (unpaired) electrons. The molecule has 10 heteroatoms. The zero-order chi connectivity index (χ0) is 15.6. The lowest BCUT2D eigenvalue weighted by molar-refractivity contribution is -0.0327. The van der Waals surface area contributed by atoms with Crippen molar-refractivity contribution in [3.05, 3.63) is 23.5 Å². The van der Waals surface area contributed by atoms with Crippen molar-refractivity contribution < 1.29 is 26.0 Å². The second-order valence-electron chi connectivity index (χ2n) is 3.84. The van der Waals surface area contributed by atoms with E-state index in [2.05, 4.69) is 0 Å². The lowest BCUT2D eigenvalue weighted by atomic mass is 10.2. The fourth-order valence-corrected chi connectivity index (χ4v) is 3.06. The first kappa shape index (κ1) is 17.1. The van der Waals surface area contributed by atoms with Gasteiger partial charge in [0.2, 0.25) is 10.0 Å². The second-order valence-corrected chi connectivity index (χ2v) is 6.76. The van der Waals surface area contributed by atoms with Crippen LogP contribution in [-0.4, -0.2) is 26.2 Å². The summed E-state index contributed by atoms with van der Waals surface area (Å²) in [6.07, 6.45) is 0. The first-order valence-corrected chi connectivity index (χ1v) is 7.76. The Bertz CT molecular complexity index is 564. The van der Waals surface area contributed by atoms with Crippen molar-refractivity contribution in [1.82, 2.24) is 4.72 Å². The molecule has 1 aromatic rings. The van der Waals surface area contributed by atoms with E-state index in [1.54, 1.807) is 0 Å². The Morgan fingerprint density at radius 1 is 1.35 bits per heavy atom. The first-order chi connectivity index (χ1) is 9.03. The summed E-state index contributed by atoms with van der Waals surface area (Å²) in [5.74, 6) is -1.19. The lowest BCUT2D eigenvalue weighted by Gasteiger charge is -2.10. The van der Waals surface area contributed by atoms with Crippen LogP contribution >= 0.6 is 11.8 Å². The smallest absolute Gasteiger partial charge is 0.396 e. The molecule has 4 nitrogen and oxygen atoms in total. The van der Waals surface area contributed by atoms with Crippen LogP contribution in [0.5, 0.6) is 0 Å². The molecule has 0 amide bonds. The Morgan fingerprint density at radius 3 is 2.45 bits per heavy atom. The monoisotopic (exact) mass is 332 g/mol. The van der Waals surface area contributed by atoms with E-state index in [1.165, 1.54) is 6.92 Å². The number of aryl methyl sites for hydroxylation is 1. The number of halogens is 4. The molecule has 0 aromatic heterocycles. The van der Waals surface area contributed by atoms with Crippen LogP contribution in [0, 0.1) is 12.7 Å². The van der Waals surface area contributed by atoms with E-state index in [0.717, 1.165) is 12.1 Å². The van der Waals surface area contributed by atoms with Gasteiger partial charge in [-0.15, -0.1) is 0 Å². The Labute approximate surface area is 117 Å². The highest BCUT2D eigenvalue weighted by molar-refractivity contribution is 8.00. The van der Waals surface area contributed by atoms with E-state index in [-0.39, 0.29) is 27.9 Å². The molecule has 20 heavy (non-hydrogen) atoms. The van der Waals surface area contributed by atoms with Crippen molar-refractivity contribution in [3.8, 4) is 0 Å². The van der Waals surface area contributed by atoms with Gasteiger partial charge in [-0.1, -0.05) is 0 Å². The van der Waals surface area contributed by atoms with Gasteiger partial charge in [-0.25, -0.2) is 17.5 Å². The fourth-order valence-electron chi connectivity index (χ4n) is 1.34. The maximum atomic E-state index is 13.3.